The number of ether oxygens (including phenoxy) is 1. The molecular formula is C9H19NO2. The van der Waals surface area contributed by atoms with E-state index in [0.29, 0.717) is 19.1 Å². The third kappa shape index (κ3) is 1.79. The summed E-state index contributed by atoms with van der Waals surface area (Å²) in [5.74, 6) is 0.536. The highest BCUT2D eigenvalue weighted by Gasteiger charge is 2.39. The Morgan fingerprint density at radius 3 is 2.83 bits per heavy atom. The van der Waals surface area contributed by atoms with Crippen molar-refractivity contribution in [3.8, 4) is 0 Å². The Hall–Kier alpha value is -0.120. The summed E-state index contributed by atoms with van der Waals surface area (Å²) in [4.78, 5) is 0. The second kappa shape index (κ2) is 4.21. The molecule has 0 aromatic heterocycles. The fourth-order valence-corrected chi connectivity index (χ4v) is 2.04. The Bertz CT molecular complexity index is 140. The van der Waals surface area contributed by atoms with E-state index in [1.54, 1.807) is 0 Å². The van der Waals surface area contributed by atoms with Crippen LogP contribution in [0.4, 0.5) is 0 Å². The average Bonchev–Trinajstić information content (AvgIpc) is 2.45. The van der Waals surface area contributed by atoms with Crippen molar-refractivity contribution in [3.05, 3.63) is 0 Å². The summed E-state index contributed by atoms with van der Waals surface area (Å²) in [6.45, 7) is 3.27. The molecule has 0 bridgehead atoms. The number of aliphatic hydroxyl groups is 1. The fourth-order valence-electron chi connectivity index (χ4n) is 2.04. The van der Waals surface area contributed by atoms with Crippen molar-refractivity contribution in [2.24, 2.45) is 11.7 Å². The maximum atomic E-state index is 8.66. The van der Waals surface area contributed by atoms with E-state index in [9.17, 15) is 0 Å². The van der Waals surface area contributed by atoms with Gasteiger partial charge in [-0.2, -0.15) is 0 Å². The minimum Gasteiger partial charge on any atom is -0.394 e. The SMILES string of the molecule is CC1CCCC1(CN)OCCO. The molecule has 0 amide bonds. The van der Waals surface area contributed by atoms with Crippen LogP contribution in [0.3, 0.4) is 0 Å². The van der Waals surface area contributed by atoms with Crippen LogP contribution in [0.1, 0.15) is 26.2 Å². The standard InChI is InChI=1S/C9H19NO2/c1-8-3-2-4-9(8,7-10)12-6-5-11/h8,11H,2-7,10H2,1H3. The number of aliphatic hydroxyl groups excluding tert-OH is 1. The predicted octanol–water partition coefficient (Wildman–Crippen LogP) is 0.513. The fraction of sp³-hybridized carbons (Fsp3) is 1.00. The lowest BCUT2D eigenvalue weighted by Gasteiger charge is -2.32. The molecule has 2 unspecified atom stereocenters. The van der Waals surface area contributed by atoms with E-state index >= 15 is 0 Å². The molecule has 1 saturated carbocycles. The van der Waals surface area contributed by atoms with Gasteiger partial charge in [0.15, 0.2) is 0 Å². The van der Waals surface area contributed by atoms with E-state index in [-0.39, 0.29) is 12.2 Å². The maximum Gasteiger partial charge on any atom is 0.0830 e. The molecule has 1 aliphatic carbocycles. The Labute approximate surface area is 73.9 Å². The first kappa shape index (κ1) is 9.96. The first-order valence-corrected chi connectivity index (χ1v) is 4.70. The summed E-state index contributed by atoms with van der Waals surface area (Å²) in [6, 6.07) is 0. The Kier molecular flexibility index (Phi) is 3.50. The zero-order valence-electron chi connectivity index (χ0n) is 7.75. The monoisotopic (exact) mass is 173 g/mol. The third-order valence-corrected chi connectivity index (χ3v) is 2.96. The molecule has 3 N–H and O–H groups in total. The van der Waals surface area contributed by atoms with Gasteiger partial charge in [0.05, 0.1) is 18.8 Å². The van der Waals surface area contributed by atoms with Crippen LogP contribution in [0, 0.1) is 5.92 Å². The van der Waals surface area contributed by atoms with Crippen molar-refractivity contribution in [2.75, 3.05) is 19.8 Å². The van der Waals surface area contributed by atoms with Gasteiger partial charge < -0.3 is 15.6 Å². The normalized spacial score (nSPS) is 35.8. The average molecular weight is 173 g/mol. The van der Waals surface area contributed by atoms with E-state index in [1.165, 1.54) is 12.8 Å². The quantitative estimate of drug-likeness (QED) is 0.651. The molecule has 0 spiro atoms. The number of hydrogen-bond acceptors (Lipinski definition) is 3. The summed E-state index contributed by atoms with van der Waals surface area (Å²) in [5.41, 5.74) is 5.56. The zero-order chi connectivity index (χ0) is 9.03. The Morgan fingerprint density at radius 1 is 1.67 bits per heavy atom. The number of nitrogens with two attached hydrogens (primary N) is 1. The van der Waals surface area contributed by atoms with Gasteiger partial charge in [0.25, 0.3) is 0 Å². The molecule has 0 radical (unpaired) electrons. The van der Waals surface area contributed by atoms with E-state index in [2.05, 4.69) is 6.92 Å². The minimum atomic E-state index is -0.136. The first-order chi connectivity index (χ1) is 5.75. The summed E-state index contributed by atoms with van der Waals surface area (Å²) < 4.78 is 5.63. The molecule has 0 aromatic carbocycles. The van der Waals surface area contributed by atoms with Crippen molar-refractivity contribution in [2.45, 2.75) is 31.8 Å². The van der Waals surface area contributed by atoms with Crippen LogP contribution in [-0.4, -0.2) is 30.5 Å². The van der Waals surface area contributed by atoms with Gasteiger partial charge in [-0.3, -0.25) is 0 Å². The van der Waals surface area contributed by atoms with Crippen LogP contribution in [0.15, 0.2) is 0 Å². The van der Waals surface area contributed by atoms with Crippen LogP contribution >= 0.6 is 0 Å². The maximum absolute atomic E-state index is 8.66. The minimum absolute atomic E-state index is 0.0917. The lowest BCUT2D eigenvalue weighted by atomic mass is 9.92. The van der Waals surface area contributed by atoms with Gasteiger partial charge in [0, 0.05) is 6.54 Å². The second-order valence-electron chi connectivity index (χ2n) is 3.63. The van der Waals surface area contributed by atoms with Gasteiger partial charge in [0.2, 0.25) is 0 Å². The summed E-state index contributed by atoms with van der Waals surface area (Å²) in [7, 11) is 0. The molecule has 3 nitrogen and oxygen atoms in total. The molecule has 0 aromatic rings. The molecule has 1 aliphatic rings. The van der Waals surface area contributed by atoms with Gasteiger partial charge in [-0.05, 0) is 18.8 Å². The van der Waals surface area contributed by atoms with Gasteiger partial charge in [0.1, 0.15) is 0 Å². The zero-order valence-corrected chi connectivity index (χ0v) is 7.75. The molecule has 1 rings (SSSR count). The largest absolute Gasteiger partial charge is 0.394 e. The lowest BCUT2D eigenvalue weighted by molar-refractivity contribution is -0.0719. The van der Waals surface area contributed by atoms with Crippen LogP contribution in [-0.2, 0) is 4.74 Å². The Balaban J connectivity index is 2.49. The Morgan fingerprint density at radius 2 is 2.42 bits per heavy atom. The highest BCUT2D eigenvalue weighted by atomic mass is 16.5. The number of hydrogen-bond donors (Lipinski definition) is 2. The molecule has 2 atom stereocenters. The van der Waals surface area contributed by atoms with E-state index in [1.807, 2.05) is 0 Å². The van der Waals surface area contributed by atoms with Crippen LogP contribution < -0.4 is 5.73 Å². The van der Waals surface area contributed by atoms with Crippen LogP contribution in [0.25, 0.3) is 0 Å². The molecule has 1 fully saturated rings. The van der Waals surface area contributed by atoms with Crippen molar-refractivity contribution >= 4 is 0 Å². The van der Waals surface area contributed by atoms with E-state index < -0.39 is 0 Å². The predicted molar refractivity (Wildman–Crippen MR) is 47.8 cm³/mol. The van der Waals surface area contributed by atoms with Gasteiger partial charge in [-0.25, -0.2) is 0 Å². The van der Waals surface area contributed by atoms with Gasteiger partial charge in [-0.15, -0.1) is 0 Å². The van der Waals surface area contributed by atoms with E-state index in [4.69, 9.17) is 15.6 Å². The molecule has 0 aliphatic heterocycles. The molecular weight excluding hydrogens is 154 g/mol. The van der Waals surface area contributed by atoms with Gasteiger partial charge >= 0.3 is 0 Å². The van der Waals surface area contributed by atoms with Crippen molar-refractivity contribution in [1.82, 2.24) is 0 Å². The highest BCUT2D eigenvalue weighted by Crippen LogP contribution is 2.37. The highest BCUT2D eigenvalue weighted by molar-refractivity contribution is 4.92. The molecule has 72 valence electrons. The summed E-state index contributed by atoms with van der Waals surface area (Å²) in [6.07, 6.45) is 3.44. The number of rotatable bonds is 4. The van der Waals surface area contributed by atoms with Crippen LogP contribution in [0.2, 0.25) is 0 Å². The van der Waals surface area contributed by atoms with Gasteiger partial charge in [-0.1, -0.05) is 13.3 Å². The molecule has 0 heterocycles. The molecule has 12 heavy (non-hydrogen) atoms. The smallest absolute Gasteiger partial charge is 0.0830 e. The third-order valence-electron chi connectivity index (χ3n) is 2.96. The first-order valence-electron chi connectivity index (χ1n) is 4.70. The molecule has 0 saturated heterocycles. The van der Waals surface area contributed by atoms with Crippen molar-refractivity contribution in [1.29, 1.82) is 0 Å². The van der Waals surface area contributed by atoms with Crippen molar-refractivity contribution < 1.29 is 9.84 Å². The molecule has 3 heteroatoms. The second-order valence-corrected chi connectivity index (χ2v) is 3.63. The topological polar surface area (TPSA) is 55.5 Å². The van der Waals surface area contributed by atoms with Crippen LogP contribution in [0.5, 0.6) is 0 Å². The summed E-state index contributed by atoms with van der Waals surface area (Å²) >= 11 is 0. The lowest BCUT2D eigenvalue weighted by Crippen LogP contribution is -2.43. The van der Waals surface area contributed by atoms with E-state index in [0.717, 1.165) is 6.42 Å². The summed E-state index contributed by atoms with van der Waals surface area (Å²) in [5, 5.41) is 8.66. The van der Waals surface area contributed by atoms with Crippen molar-refractivity contribution in [3.63, 3.8) is 0 Å².